The maximum absolute atomic E-state index is 13.4. The lowest BCUT2D eigenvalue weighted by molar-refractivity contribution is 0.377. The van der Waals surface area contributed by atoms with Crippen molar-refractivity contribution in [3.8, 4) is 17.2 Å². The van der Waals surface area contributed by atoms with E-state index in [1.807, 2.05) is 13.0 Å². The lowest BCUT2D eigenvalue weighted by Crippen LogP contribution is -1.98. The molecule has 2 rings (SSSR count). The van der Waals surface area contributed by atoms with Crippen molar-refractivity contribution >= 4 is 5.69 Å². The van der Waals surface area contributed by atoms with Crippen LogP contribution in [0.1, 0.15) is 12.5 Å². The molecule has 2 aromatic carbocycles. The first-order valence-corrected chi connectivity index (χ1v) is 6.14. The number of anilines is 1. The third-order valence-electron chi connectivity index (χ3n) is 2.91. The highest BCUT2D eigenvalue weighted by atomic mass is 19.1. The van der Waals surface area contributed by atoms with Gasteiger partial charge in [0, 0.05) is 12.1 Å². The minimum absolute atomic E-state index is 0.0787. The molecule has 3 nitrogen and oxygen atoms in total. The molecule has 0 amide bonds. The van der Waals surface area contributed by atoms with Crippen LogP contribution in [-0.2, 0) is 6.42 Å². The number of methoxy groups -OCH3 is 1. The summed E-state index contributed by atoms with van der Waals surface area (Å²) in [6, 6.07) is 7.08. The van der Waals surface area contributed by atoms with Crippen LogP contribution < -0.4 is 15.2 Å². The predicted octanol–water partition coefficient (Wildman–Crippen LogP) is 3.91. The second-order valence-electron chi connectivity index (χ2n) is 4.24. The van der Waals surface area contributed by atoms with Gasteiger partial charge in [0.25, 0.3) is 0 Å². The van der Waals surface area contributed by atoms with Gasteiger partial charge < -0.3 is 15.2 Å². The molecule has 0 unspecified atom stereocenters. The summed E-state index contributed by atoms with van der Waals surface area (Å²) >= 11 is 0. The van der Waals surface area contributed by atoms with Crippen molar-refractivity contribution in [1.29, 1.82) is 0 Å². The van der Waals surface area contributed by atoms with Crippen LogP contribution >= 0.6 is 0 Å². The molecule has 2 N–H and O–H groups in total. The van der Waals surface area contributed by atoms with Gasteiger partial charge in [0.15, 0.2) is 23.1 Å². The zero-order chi connectivity index (χ0) is 14.7. The monoisotopic (exact) mass is 279 g/mol. The number of hydrogen-bond donors (Lipinski definition) is 1. The van der Waals surface area contributed by atoms with Gasteiger partial charge in [-0.1, -0.05) is 13.0 Å². The van der Waals surface area contributed by atoms with Gasteiger partial charge in [0.1, 0.15) is 11.5 Å². The van der Waals surface area contributed by atoms with Crippen molar-refractivity contribution in [3.05, 3.63) is 47.5 Å². The minimum Gasteiger partial charge on any atom is -0.493 e. The molecule has 0 radical (unpaired) electrons. The Morgan fingerprint density at radius 2 is 1.80 bits per heavy atom. The van der Waals surface area contributed by atoms with E-state index in [0.29, 0.717) is 17.6 Å². The van der Waals surface area contributed by atoms with E-state index < -0.39 is 11.6 Å². The van der Waals surface area contributed by atoms with Crippen molar-refractivity contribution in [1.82, 2.24) is 0 Å². The van der Waals surface area contributed by atoms with Gasteiger partial charge in [0.05, 0.1) is 7.11 Å². The van der Waals surface area contributed by atoms with Gasteiger partial charge in [0.2, 0.25) is 0 Å². The van der Waals surface area contributed by atoms with Crippen LogP contribution in [0.25, 0.3) is 0 Å². The summed E-state index contributed by atoms with van der Waals surface area (Å²) in [5.74, 6) is -0.861. The van der Waals surface area contributed by atoms with Gasteiger partial charge in [-0.25, -0.2) is 8.78 Å². The number of halogens is 2. The highest BCUT2D eigenvalue weighted by Gasteiger charge is 2.13. The first kappa shape index (κ1) is 14.1. The number of hydrogen-bond acceptors (Lipinski definition) is 3. The molecule has 0 saturated carbocycles. The maximum atomic E-state index is 13.4. The van der Waals surface area contributed by atoms with Crippen molar-refractivity contribution < 1.29 is 18.3 Å². The summed E-state index contributed by atoms with van der Waals surface area (Å²) in [6.45, 7) is 2.01. The summed E-state index contributed by atoms with van der Waals surface area (Å²) in [7, 11) is 1.50. The highest BCUT2D eigenvalue weighted by Crippen LogP contribution is 2.36. The van der Waals surface area contributed by atoms with Gasteiger partial charge in [-0.15, -0.1) is 0 Å². The lowest BCUT2D eigenvalue weighted by Gasteiger charge is -2.13. The predicted molar refractivity (Wildman–Crippen MR) is 73.2 cm³/mol. The number of aryl methyl sites for hydroxylation is 1. The smallest absolute Gasteiger partial charge is 0.169 e. The van der Waals surface area contributed by atoms with Gasteiger partial charge in [-0.3, -0.25) is 0 Å². The van der Waals surface area contributed by atoms with Gasteiger partial charge in [-0.2, -0.15) is 0 Å². The SMILES string of the molecule is CCc1ccc(Oc2cc(F)cc(F)c2N)c(OC)c1. The fourth-order valence-corrected chi connectivity index (χ4v) is 1.78. The molecule has 0 aromatic heterocycles. The van der Waals surface area contributed by atoms with E-state index in [1.165, 1.54) is 7.11 Å². The molecule has 2 aromatic rings. The number of nitrogen functional groups attached to an aromatic ring is 1. The van der Waals surface area contributed by atoms with Gasteiger partial charge in [-0.05, 0) is 24.1 Å². The Morgan fingerprint density at radius 3 is 2.45 bits per heavy atom. The van der Waals surface area contributed by atoms with Gasteiger partial charge >= 0.3 is 0 Å². The summed E-state index contributed by atoms with van der Waals surface area (Å²) in [5, 5.41) is 0. The topological polar surface area (TPSA) is 44.5 Å². The number of benzene rings is 2. The normalized spacial score (nSPS) is 10.4. The minimum atomic E-state index is -0.857. The molecular formula is C15H15F2NO2. The van der Waals surface area contributed by atoms with E-state index >= 15 is 0 Å². The Bertz CT molecular complexity index is 630. The lowest BCUT2D eigenvalue weighted by atomic mass is 10.1. The molecule has 0 spiro atoms. The Kier molecular flexibility index (Phi) is 4.08. The molecule has 0 aliphatic heterocycles. The third-order valence-corrected chi connectivity index (χ3v) is 2.91. The second-order valence-corrected chi connectivity index (χ2v) is 4.24. The molecule has 0 bridgehead atoms. The molecule has 0 heterocycles. The van der Waals surface area contributed by atoms with Crippen LogP contribution in [0.4, 0.5) is 14.5 Å². The summed E-state index contributed by atoms with van der Waals surface area (Å²) in [6.07, 6.45) is 0.841. The fourth-order valence-electron chi connectivity index (χ4n) is 1.78. The number of rotatable bonds is 4. The van der Waals surface area contributed by atoms with Crippen molar-refractivity contribution in [2.24, 2.45) is 0 Å². The molecule has 0 atom stereocenters. The van der Waals surface area contributed by atoms with Crippen LogP contribution in [0.2, 0.25) is 0 Å². The van der Waals surface area contributed by atoms with Crippen LogP contribution in [0.15, 0.2) is 30.3 Å². The Hall–Kier alpha value is -2.30. The van der Waals surface area contributed by atoms with Crippen LogP contribution in [0, 0.1) is 11.6 Å². The molecule has 0 saturated heterocycles. The first-order valence-electron chi connectivity index (χ1n) is 6.14. The maximum Gasteiger partial charge on any atom is 0.169 e. The Balaban J connectivity index is 2.39. The molecule has 0 fully saturated rings. The average Bonchev–Trinajstić information content (AvgIpc) is 2.44. The quantitative estimate of drug-likeness (QED) is 0.863. The number of nitrogens with two attached hydrogens (primary N) is 1. The summed E-state index contributed by atoms with van der Waals surface area (Å²) < 4.78 is 37.2. The average molecular weight is 279 g/mol. The summed E-state index contributed by atoms with van der Waals surface area (Å²) in [4.78, 5) is 0. The zero-order valence-electron chi connectivity index (χ0n) is 11.2. The van der Waals surface area contributed by atoms with Crippen molar-refractivity contribution in [2.45, 2.75) is 13.3 Å². The van der Waals surface area contributed by atoms with Crippen molar-refractivity contribution in [2.75, 3.05) is 12.8 Å². The van der Waals surface area contributed by atoms with E-state index in [9.17, 15) is 8.78 Å². The largest absolute Gasteiger partial charge is 0.493 e. The van der Waals surface area contributed by atoms with E-state index in [-0.39, 0.29) is 11.4 Å². The van der Waals surface area contributed by atoms with E-state index in [4.69, 9.17) is 15.2 Å². The first-order chi connectivity index (χ1) is 9.55. The molecule has 0 aliphatic carbocycles. The Labute approximate surface area is 115 Å². The Morgan fingerprint density at radius 1 is 1.05 bits per heavy atom. The second kappa shape index (κ2) is 5.77. The zero-order valence-corrected chi connectivity index (χ0v) is 11.2. The summed E-state index contributed by atoms with van der Waals surface area (Å²) in [5.41, 5.74) is 6.36. The van der Waals surface area contributed by atoms with E-state index in [1.54, 1.807) is 12.1 Å². The molecule has 106 valence electrons. The molecule has 0 aliphatic rings. The highest BCUT2D eigenvalue weighted by molar-refractivity contribution is 5.56. The third kappa shape index (κ3) is 2.82. The standard InChI is InChI=1S/C15H15F2NO2/c1-3-9-4-5-12(13(6-9)19-2)20-14-8-10(16)7-11(17)15(14)18/h4-8H,3,18H2,1-2H3. The molecular weight excluding hydrogens is 264 g/mol. The van der Waals surface area contributed by atoms with Crippen LogP contribution in [0.3, 0.4) is 0 Å². The van der Waals surface area contributed by atoms with Crippen molar-refractivity contribution in [3.63, 3.8) is 0 Å². The molecule has 20 heavy (non-hydrogen) atoms. The molecule has 5 heteroatoms. The fraction of sp³-hybridized carbons (Fsp3) is 0.200. The van der Waals surface area contributed by atoms with Crippen LogP contribution in [-0.4, -0.2) is 7.11 Å². The van der Waals surface area contributed by atoms with E-state index in [2.05, 4.69) is 0 Å². The van der Waals surface area contributed by atoms with Crippen LogP contribution in [0.5, 0.6) is 17.2 Å². The van der Waals surface area contributed by atoms with E-state index in [0.717, 1.165) is 18.1 Å². The number of ether oxygens (including phenoxy) is 2.